The lowest BCUT2D eigenvalue weighted by atomic mass is 10.1. The number of hydrogen-bond acceptors (Lipinski definition) is 8. The number of halogens is 3. The first-order valence-electron chi connectivity index (χ1n) is 10.1. The molecular weight excluding hydrogens is 429 g/mol. The van der Waals surface area contributed by atoms with E-state index in [9.17, 15) is 18.3 Å². The number of β-amino-alcohol motifs (C(OH)–C–C–N with tert-alkyl or cyclic N) is 1. The number of ether oxygens (including phenoxy) is 2. The van der Waals surface area contributed by atoms with Crippen molar-refractivity contribution in [1.29, 1.82) is 0 Å². The molecule has 1 aliphatic rings. The standard InChI is InChI=1S/C20H23F3N6O3/c1-31-14-4-5-15(17(9-14)32-20(21,22)23)18-16-10-24-12-29(16)19(27-26-18)25-13-3-2-6-28(11-13)7-8-30/h4-5,9-10,12-13,30H,2-3,6-8,11H2,1H3,(H,25,27). The van der Waals surface area contributed by atoms with Crippen LogP contribution >= 0.6 is 0 Å². The summed E-state index contributed by atoms with van der Waals surface area (Å²) in [6, 6.07) is 4.21. The van der Waals surface area contributed by atoms with E-state index >= 15 is 0 Å². The maximum atomic E-state index is 13.0. The highest BCUT2D eigenvalue weighted by Crippen LogP contribution is 2.37. The number of likely N-dealkylation sites (tertiary alicyclic amines) is 1. The van der Waals surface area contributed by atoms with E-state index in [-0.39, 0.29) is 29.7 Å². The van der Waals surface area contributed by atoms with Crippen LogP contribution < -0.4 is 14.8 Å². The number of hydrogen-bond donors (Lipinski definition) is 2. The highest BCUT2D eigenvalue weighted by atomic mass is 19.4. The summed E-state index contributed by atoms with van der Waals surface area (Å²) in [7, 11) is 1.36. The van der Waals surface area contributed by atoms with E-state index in [0.29, 0.717) is 18.0 Å². The molecule has 1 saturated heterocycles. The van der Waals surface area contributed by atoms with Gasteiger partial charge in [-0.1, -0.05) is 0 Å². The first kappa shape index (κ1) is 22.1. The van der Waals surface area contributed by atoms with Crippen LogP contribution in [0.4, 0.5) is 19.1 Å². The van der Waals surface area contributed by atoms with Crippen LogP contribution in [0.2, 0.25) is 0 Å². The van der Waals surface area contributed by atoms with Crippen molar-refractivity contribution in [2.24, 2.45) is 0 Å². The number of benzene rings is 1. The van der Waals surface area contributed by atoms with E-state index in [1.54, 1.807) is 4.40 Å². The van der Waals surface area contributed by atoms with Crippen molar-refractivity contribution in [2.75, 3.05) is 38.7 Å². The Labute approximate surface area is 181 Å². The Bertz CT molecular complexity index is 1070. The van der Waals surface area contributed by atoms with E-state index in [0.717, 1.165) is 32.0 Å². The van der Waals surface area contributed by atoms with Gasteiger partial charge in [0, 0.05) is 30.8 Å². The molecule has 0 radical (unpaired) electrons. The number of piperidine rings is 1. The molecule has 0 spiro atoms. The number of nitrogens with zero attached hydrogens (tertiary/aromatic N) is 5. The van der Waals surface area contributed by atoms with Crippen LogP contribution in [0.25, 0.3) is 16.8 Å². The number of rotatable bonds is 7. The maximum Gasteiger partial charge on any atom is 0.573 e. The van der Waals surface area contributed by atoms with E-state index in [1.165, 1.54) is 31.8 Å². The van der Waals surface area contributed by atoms with Crippen LogP contribution in [0.15, 0.2) is 30.7 Å². The fourth-order valence-electron chi connectivity index (χ4n) is 3.86. The average molecular weight is 452 g/mol. The van der Waals surface area contributed by atoms with E-state index in [4.69, 9.17) is 4.74 Å². The van der Waals surface area contributed by atoms with Gasteiger partial charge in [-0.15, -0.1) is 23.4 Å². The summed E-state index contributed by atoms with van der Waals surface area (Å²) in [5, 5.41) is 21.0. The molecule has 2 N–H and O–H groups in total. The molecule has 0 bridgehead atoms. The van der Waals surface area contributed by atoms with Crippen LogP contribution in [0.1, 0.15) is 12.8 Å². The first-order chi connectivity index (χ1) is 15.4. The molecule has 172 valence electrons. The molecule has 1 aliphatic heterocycles. The van der Waals surface area contributed by atoms with Crippen molar-refractivity contribution in [3.05, 3.63) is 30.7 Å². The molecule has 9 nitrogen and oxygen atoms in total. The Balaban J connectivity index is 1.67. The molecule has 3 aromatic rings. The maximum absolute atomic E-state index is 13.0. The number of methoxy groups -OCH3 is 1. The summed E-state index contributed by atoms with van der Waals surface area (Å²) < 4.78 is 49.9. The van der Waals surface area contributed by atoms with Crippen molar-refractivity contribution in [3.8, 4) is 22.8 Å². The summed E-state index contributed by atoms with van der Waals surface area (Å²) in [6.07, 6.45) is 0.0472. The molecular formula is C20H23F3N6O3. The Morgan fingerprint density at radius 1 is 1.28 bits per heavy atom. The largest absolute Gasteiger partial charge is 0.573 e. The summed E-state index contributed by atoms with van der Waals surface area (Å²) >= 11 is 0. The zero-order valence-corrected chi connectivity index (χ0v) is 17.3. The lowest BCUT2D eigenvalue weighted by molar-refractivity contribution is -0.274. The van der Waals surface area contributed by atoms with E-state index < -0.39 is 12.1 Å². The second-order valence-electron chi connectivity index (χ2n) is 7.44. The van der Waals surface area contributed by atoms with Gasteiger partial charge in [-0.3, -0.25) is 9.30 Å². The Morgan fingerprint density at radius 2 is 2.12 bits per heavy atom. The number of fused-ring (bicyclic) bond motifs is 1. The SMILES string of the molecule is COc1ccc(-c2nnc(NC3CCCN(CCO)C3)n3cncc23)c(OC(F)(F)F)c1. The van der Waals surface area contributed by atoms with Crippen molar-refractivity contribution in [2.45, 2.75) is 25.2 Å². The fourth-order valence-corrected chi connectivity index (χ4v) is 3.86. The van der Waals surface area contributed by atoms with Crippen LogP contribution in [0.3, 0.4) is 0 Å². The van der Waals surface area contributed by atoms with Crippen molar-refractivity contribution >= 4 is 11.5 Å². The number of aliphatic hydroxyl groups excluding tert-OH is 1. The lowest BCUT2D eigenvalue weighted by Crippen LogP contribution is -2.43. The predicted octanol–water partition coefficient (Wildman–Crippen LogP) is 2.57. The van der Waals surface area contributed by atoms with Gasteiger partial charge in [-0.25, -0.2) is 4.98 Å². The molecule has 4 rings (SSSR count). The van der Waals surface area contributed by atoms with Gasteiger partial charge >= 0.3 is 6.36 Å². The summed E-state index contributed by atoms with van der Waals surface area (Å²) in [5.74, 6) is 0.208. The second-order valence-corrected chi connectivity index (χ2v) is 7.44. The summed E-state index contributed by atoms with van der Waals surface area (Å²) in [4.78, 5) is 6.29. The first-order valence-corrected chi connectivity index (χ1v) is 10.1. The van der Waals surface area contributed by atoms with Gasteiger partial charge in [0.1, 0.15) is 23.5 Å². The molecule has 0 amide bonds. The summed E-state index contributed by atoms with van der Waals surface area (Å²) in [6.45, 7) is 2.35. The van der Waals surface area contributed by atoms with Crippen LogP contribution in [-0.2, 0) is 0 Å². The molecule has 32 heavy (non-hydrogen) atoms. The highest BCUT2D eigenvalue weighted by molar-refractivity contribution is 5.81. The second kappa shape index (κ2) is 9.17. The Morgan fingerprint density at radius 3 is 2.88 bits per heavy atom. The van der Waals surface area contributed by atoms with Crippen molar-refractivity contribution in [3.63, 3.8) is 0 Å². The van der Waals surface area contributed by atoms with Gasteiger partial charge in [0.25, 0.3) is 0 Å². The van der Waals surface area contributed by atoms with Gasteiger partial charge in [0.15, 0.2) is 0 Å². The topological polar surface area (TPSA) is 97.0 Å². The van der Waals surface area contributed by atoms with E-state index in [2.05, 4.69) is 30.1 Å². The minimum atomic E-state index is -4.88. The number of anilines is 1. The third-order valence-corrected chi connectivity index (χ3v) is 5.28. The third-order valence-electron chi connectivity index (χ3n) is 5.28. The molecule has 3 heterocycles. The molecule has 12 heteroatoms. The van der Waals surface area contributed by atoms with Gasteiger partial charge in [0.2, 0.25) is 5.95 Å². The van der Waals surface area contributed by atoms with Gasteiger partial charge < -0.3 is 19.9 Å². The van der Waals surface area contributed by atoms with Gasteiger partial charge in [-0.2, -0.15) is 0 Å². The fraction of sp³-hybridized carbons (Fsp3) is 0.450. The molecule has 1 fully saturated rings. The van der Waals surface area contributed by atoms with E-state index in [1.807, 2.05) is 0 Å². The summed E-state index contributed by atoms with van der Waals surface area (Å²) in [5.41, 5.74) is 0.780. The molecule has 1 aromatic carbocycles. The predicted molar refractivity (Wildman–Crippen MR) is 110 cm³/mol. The normalized spacial score (nSPS) is 17.5. The highest BCUT2D eigenvalue weighted by Gasteiger charge is 2.33. The molecule has 2 aromatic heterocycles. The van der Waals surface area contributed by atoms with Gasteiger partial charge in [-0.05, 0) is 31.5 Å². The molecule has 1 atom stereocenters. The Hall–Kier alpha value is -3.12. The number of imidazole rings is 1. The number of aromatic nitrogens is 4. The Kier molecular flexibility index (Phi) is 6.33. The molecule has 0 aliphatic carbocycles. The minimum Gasteiger partial charge on any atom is -0.497 e. The van der Waals surface area contributed by atoms with Gasteiger partial charge in [0.05, 0.1) is 25.4 Å². The minimum absolute atomic E-state index is 0.0890. The van der Waals surface area contributed by atoms with Crippen LogP contribution in [0.5, 0.6) is 11.5 Å². The number of nitrogens with one attached hydrogen (secondary N) is 1. The monoisotopic (exact) mass is 452 g/mol. The molecule has 0 saturated carbocycles. The van der Waals surface area contributed by atoms with Crippen molar-refractivity contribution < 1.29 is 27.8 Å². The number of aliphatic hydroxyl groups is 1. The quantitative estimate of drug-likeness (QED) is 0.565. The number of alkyl halides is 3. The molecule has 1 unspecified atom stereocenters. The van der Waals surface area contributed by atoms with Crippen molar-refractivity contribution in [1.82, 2.24) is 24.5 Å². The lowest BCUT2D eigenvalue weighted by Gasteiger charge is -2.32. The van der Waals surface area contributed by atoms with Crippen LogP contribution in [0, 0.1) is 0 Å². The smallest absolute Gasteiger partial charge is 0.497 e. The third kappa shape index (κ3) is 4.86. The average Bonchev–Trinajstić information content (AvgIpc) is 3.24. The van der Waals surface area contributed by atoms with Crippen LogP contribution in [-0.4, -0.2) is 75.3 Å². The zero-order chi connectivity index (χ0) is 22.7. The zero-order valence-electron chi connectivity index (χ0n) is 17.3.